The Kier molecular flexibility index (Phi) is 5.35. The molecule has 1 amide bonds. The van der Waals surface area contributed by atoms with Crippen LogP contribution in [0.1, 0.15) is 35.4 Å². The third-order valence-corrected chi connectivity index (χ3v) is 5.29. The molecule has 1 aliphatic heterocycles. The number of hydrogen-bond donors (Lipinski definition) is 1. The molecule has 28 heavy (non-hydrogen) atoms. The highest BCUT2D eigenvalue weighted by Gasteiger charge is 2.24. The lowest BCUT2D eigenvalue weighted by molar-refractivity contribution is 0.102. The van der Waals surface area contributed by atoms with E-state index in [1.54, 1.807) is 7.11 Å². The van der Waals surface area contributed by atoms with E-state index in [4.69, 9.17) is 21.3 Å². The van der Waals surface area contributed by atoms with Crippen LogP contribution in [0.3, 0.4) is 0 Å². The van der Waals surface area contributed by atoms with Gasteiger partial charge in [0, 0.05) is 17.1 Å². The fraction of sp³-hybridized carbons (Fsp3) is 0.273. The summed E-state index contributed by atoms with van der Waals surface area (Å²) in [7, 11) is 1.59. The van der Waals surface area contributed by atoms with E-state index >= 15 is 0 Å². The van der Waals surface area contributed by atoms with Crippen LogP contribution in [0.2, 0.25) is 5.02 Å². The zero-order chi connectivity index (χ0) is 19.5. The molecule has 6 heteroatoms. The number of amides is 1. The topological polar surface area (TPSA) is 56.1 Å². The Morgan fingerprint density at radius 3 is 2.68 bits per heavy atom. The first-order valence-corrected chi connectivity index (χ1v) is 9.85. The van der Waals surface area contributed by atoms with Crippen molar-refractivity contribution in [2.45, 2.75) is 32.2 Å². The highest BCUT2D eigenvalue weighted by molar-refractivity contribution is 6.30. The number of methoxy groups -OCH3 is 1. The quantitative estimate of drug-likeness (QED) is 0.661. The summed E-state index contributed by atoms with van der Waals surface area (Å²) < 4.78 is 7.54. The molecule has 0 aliphatic carbocycles. The van der Waals surface area contributed by atoms with E-state index < -0.39 is 0 Å². The van der Waals surface area contributed by atoms with Crippen LogP contribution < -0.4 is 10.1 Å². The first-order valence-electron chi connectivity index (χ1n) is 9.47. The maximum Gasteiger partial charge on any atom is 0.276 e. The average Bonchev–Trinajstić information content (AvgIpc) is 2.90. The Morgan fingerprint density at radius 1 is 1.11 bits per heavy atom. The summed E-state index contributed by atoms with van der Waals surface area (Å²) in [5.74, 6) is 1.23. The number of para-hydroxylation sites is 2. The van der Waals surface area contributed by atoms with Crippen LogP contribution in [0.4, 0.5) is 5.69 Å². The molecule has 2 heterocycles. The van der Waals surface area contributed by atoms with Gasteiger partial charge in [0.15, 0.2) is 0 Å². The zero-order valence-corrected chi connectivity index (χ0v) is 16.5. The number of fused-ring (bicyclic) bond motifs is 1. The molecule has 0 spiro atoms. The predicted molar refractivity (Wildman–Crippen MR) is 111 cm³/mol. The number of halogens is 1. The van der Waals surface area contributed by atoms with Crippen molar-refractivity contribution in [2.75, 3.05) is 12.4 Å². The summed E-state index contributed by atoms with van der Waals surface area (Å²) in [5, 5.41) is 3.64. The summed E-state index contributed by atoms with van der Waals surface area (Å²) >= 11 is 6.04. The van der Waals surface area contributed by atoms with Gasteiger partial charge < -0.3 is 14.6 Å². The summed E-state index contributed by atoms with van der Waals surface area (Å²) in [5.41, 5.74) is 3.08. The third kappa shape index (κ3) is 3.62. The van der Waals surface area contributed by atoms with Gasteiger partial charge in [0.05, 0.1) is 18.5 Å². The number of imidazole rings is 1. The minimum Gasteiger partial charge on any atom is -0.495 e. The van der Waals surface area contributed by atoms with E-state index in [2.05, 4.69) is 9.88 Å². The third-order valence-electron chi connectivity index (χ3n) is 5.04. The van der Waals surface area contributed by atoms with Gasteiger partial charge >= 0.3 is 0 Å². The van der Waals surface area contributed by atoms with Gasteiger partial charge in [-0.25, -0.2) is 4.98 Å². The number of ether oxygens (including phenoxy) is 1. The lowest BCUT2D eigenvalue weighted by Gasteiger charge is -2.10. The number of nitrogens with zero attached hydrogens (tertiary/aromatic N) is 2. The summed E-state index contributed by atoms with van der Waals surface area (Å²) in [6, 6.07) is 15.0. The second kappa shape index (κ2) is 8.07. The van der Waals surface area contributed by atoms with Gasteiger partial charge in [0.1, 0.15) is 17.3 Å². The van der Waals surface area contributed by atoms with E-state index in [0.29, 0.717) is 22.2 Å². The number of rotatable bonds is 4. The van der Waals surface area contributed by atoms with Crippen LogP contribution in [0, 0.1) is 0 Å². The summed E-state index contributed by atoms with van der Waals surface area (Å²) in [6.07, 6.45) is 4.13. The van der Waals surface area contributed by atoms with E-state index in [1.165, 1.54) is 0 Å². The minimum absolute atomic E-state index is 0.213. The van der Waals surface area contributed by atoms with E-state index in [-0.39, 0.29) is 5.91 Å². The number of carbonyl (C=O) groups excluding carboxylic acids is 1. The normalized spacial score (nSPS) is 13.5. The molecule has 5 nitrogen and oxygen atoms in total. The maximum absolute atomic E-state index is 13.1. The molecular formula is C22H22ClN3O2. The molecule has 0 radical (unpaired) electrons. The number of benzene rings is 2. The molecule has 1 aliphatic rings. The summed E-state index contributed by atoms with van der Waals surface area (Å²) in [4.78, 5) is 17.9. The van der Waals surface area contributed by atoms with Gasteiger partial charge in [0.25, 0.3) is 5.91 Å². The van der Waals surface area contributed by atoms with Crippen LogP contribution in [0.5, 0.6) is 5.75 Å². The number of anilines is 1. The molecular weight excluding hydrogens is 374 g/mol. The number of aromatic nitrogens is 2. The van der Waals surface area contributed by atoms with Gasteiger partial charge in [-0.2, -0.15) is 0 Å². The highest BCUT2D eigenvalue weighted by atomic mass is 35.5. The fourth-order valence-corrected chi connectivity index (χ4v) is 3.78. The number of nitrogens with one attached hydrogen (secondary N) is 1. The molecule has 4 rings (SSSR count). The number of carbonyl (C=O) groups is 1. The molecule has 0 saturated carbocycles. The highest BCUT2D eigenvalue weighted by Crippen LogP contribution is 2.29. The Bertz CT molecular complexity index is 996. The molecule has 3 aromatic rings. The van der Waals surface area contributed by atoms with E-state index in [9.17, 15) is 4.79 Å². The molecule has 0 unspecified atom stereocenters. The van der Waals surface area contributed by atoms with Gasteiger partial charge in [-0.1, -0.05) is 30.2 Å². The molecule has 144 valence electrons. The smallest absolute Gasteiger partial charge is 0.276 e. The molecule has 2 aromatic carbocycles. The Labute approximate surface area is 169 Å². The Morgan fingerprint density at radius 2 is 1.89 bits per heavy atom. The first-order chi connectivity index (χ1) is 13.7. The van der Waals surface area contributed by atoms with Gasteiger partial charge in [0.2, 0.25) is 0 Å². The van der Waals surface area contributed by atoms with Gasteiger partial charge in [-0.05, 0) is 55.7 Å². The zero-order valence-electron chi connectivity index (χ0n) is 15.7. The van der Waals surface area contributed by atoms with Crippen molar-refractivity contribution in [3.05, 3.63) is 64.9 Å². The van der Waals surface area contributed by atoms with Crippen LogP contribution in [0.25, 0.3) is 11.4 Å². The van der Waals surface area contributed by atoms with Crippen molar-refractivity contribution in [3.8, 4) is 17.1 Å². The average molecular weight is 396 g/mol. The Hall–Kier alpha value is -2.79. The van der Waals surface area contributed by atoms with Crippen LogP contribution in [-0.2, 0) is 13.0 Å². The number of hydrogen-bond acceptors (Lipinski definition) is 3. The lowest BCUT2D eigenvalue weighted by Crippen LogP contribution is -2.16. The monoisotopic (exact) mass is 395 g/mol. The van der Waals surface area contributed by atoms with Crippen molar-refractivity contribution in [3.63, 3.8) is 0 Å². The SMILES string of the molecule is COc1ccccc1NC(=O)c1nc(-c2ccc(Cl)cc2)n2c1CCCCC2. The van der Waals surface area contributed by atoms with Crippen LogP contribution in [0.15, 0.2) is 48.5 Å². The maximum atomic E-state index is 13.1. The van der Waals surface area contributed by atoms with E-state index in [0.717, 1.165) is 49.3 Å². The van der Waals surface area contributed by atoms with Gasteiger partial charge in [-0.3, -0.25) is 4.79 Å². The van der Waals surface area contributed by atoms with Crippen molar-refractivity contribution < 1.29 is 9.53 Å². The van der Waals surface area contributed by atoms with Gasteiger partial charge in [-0.15, -0.1) is 0 Å². The van der Waals surface area contributed by atoms with Crippen molar-refractivity contribution in [1.82, 2.24) is 9.55 Å². The van der Waals surface area contributed by atoms with Crippen LogP contribution >= 0.6 is 11.6 Å². The second-order valence-electron chi connectivity index (χ2n) is 6.85. The minimum atomic E-state index is -0.213. The predicted octanol–water partition coefficient (Wildman–Crippen LogP) is 5.19. The van der Waals surface area contributed by atoms with Crippen molar-refractivity contribution in [2.24, 2.45) is 0 Å². The van der Waals surface area contributed by atoms with Crippen molar-refractivity contribution >= 4 is 23.2 Å². The lowest BCUT2D eigenvalue weighted by atomic mass is 10.1. The first kappa shape index (κ1) is 18.6. The molecule has 0 fully saturated rings. The van der Waals surface area contributed by atoms with Crippen molar-refractivity contribution in [1.29, 1.82) is 0 Å². The standard InChI is InChI=1S/C22H22ClN3O2/c1-28-19-9-5-4-7-17(19)24-22(27)20-18-8-3-2-6-14-26(18)21(25-20)15-10-12-16(23)13-11-15/h4-5,7,9-13H,2-3,6,8,14H2,1H3,(H,24,27). The molecule has 0 saturated heterocycles. The largest absolute Gasteiger partial charge is 0.495 e. The molecule has 1 N–H and O–H groups in total. The fourth-order valence-electron chi connectivity index (χ4n) is 3.65. The van der Waals surface area contributed by atoms with E-state index in [1.807, 2.05) is 48.5 Å². The molecule has 1 aromatic heterocycles. The van der Waals surface area contributed by atoms with Crippen LogP contribution in [-0.4, -0.2) is 22.6 Å². The molecule has 0 bridgehead atoms. The Balaban J connectivity index is 1.74. The second-order valence-corrected chi connectivity index (χ2v) is 7.29. The molecule has 0 atom stereocenters. The summed E-state index contributed by atoms with van der Waals surface area (Å²) in [6.45, 7) is 0.863.